The molecule has 3 nitrogen and oxygen atoms in total. The number of ether oxygens (including phenoxy) is 1. The number of hydrogen-bond acceptors (Lipinski definition) is 2. The first-order chi connectivity index (χ1) is 12.7. The lowest BCUT2D eigenvalue weighted by Gasteiger charge is -2.17. The van der Waals surface area contributed by atoms with Crippen molar-refractivity contribution in [2.45, 2.75) is 13.0 Å². The zero-order valence-corrected chi connectivity index (χ0v) is 14.5. The second kappa shape index (κ2) is 6.89. The Hall–Kier alpha value is -3.33. The first-order valence-electron chi connectivity index (χ1n) is 8.65. The van der Waals surface area contributed by atoms with Crippen LogP contribution in [0.25, 0.3) is 21.5 Å². The van der Waals surface area contributed by atoms with E-state index in [0.717, 1.165) is 27.2 Å². The molecule has 4 rings (SSSR count). The van der Waals surface area contributed by atoms with Gasteiger partial charge in [0.05, 0.1) is 0 Å². The third kappa shape index (κ3) is 3.11. The first-order valence-corrected chi connectivity index (χ1v) is 8.65. The summed E-state index contributed by atoms with van der Waals surface area (Å²) in [6.45, 7) is 1.77. The van der Waals surface area contributed by atoms with Crippen LogP contribution >= 0.6 is 0 Å². The largest absolute Gasteiger partial charge is 0.480 e. The average molecular weight is 341 g/mol. The molecular formula is C23H19NO2. The molecule has 0 saturated heterocycles. The number of rotatable bonds is 4. The van der Waals surface area contributed by atoms with Crippen molar-refractivity contribution in [2.75, 3.05) is 5.32 Å². The minimum Gasteiger partial charge on any atom is -0.480 e. The summed E-state index contributed by atoms with van der Waals surface area (Å²) in [6.07, 6.45) is -0.611. The van der Waals surface area contributed by atoms with Crippen LogP contribution in [0.3, 0.4) is 0 Å². The molecule has 0 bridgehead atoms. The number of hydrogen-bond donors (Lipinski definition) is 1. The molecule has 0 unspecified atom stereocenters. The van der Waals surface area contributed by atoms with Crippen LogP contribution in [0.1, 0.15) is 6.92 Å². The van der Waals surface area contributed by atoms with Crippen LogP contribution in [-0.4, -0.2) is 12.0 Å². The Labute approximate surface area is 152 Å². The van der Waals surface area contributed by atoms with Crippen molar-refractivity contribution in [3.8, 4) is 5.75 Å². The minimum absolute atomic E-state index is 0.172. The topological polar surface area (TPSA) is 38.3 Å². The summed E-state index contributed by atoms with van der Waals surface area (Å²) in [5, 5.41) is 7.18. The summed E-state index contributed by atoms with van der Waals surface area (Å²) in [5.41, 5.74) is 0.793. The maximum atomic E-state index is 12.7. The molecule has 1 atom stereocenters. The van der Waals surface area contributed by atoms with E-state index in [4.69, 9.17) is 4.74 Å². The molecule has 0 aliphatic rings. The van der Waals surface area contributed by atoms with Gasteiger partial charge in [-0.1, -0.05) is 72.8 Å². The van der Waals surface area contributed by atoms with E-state index in [9.17, 15) is 4.79 Å². The van der Waals surface area contributed by atoms with Gasteiger partial charge in [0.1, 0.15) is 5.75 Å². The van der Waals surface area contributed by atoms with Crippen molar-refractivity contribution < 1.29 is 9.53 Å². The van der Waals surface area contributed by atoms with E-state index in [0.29, 0.717) is 5.75 Å². The van der Waals surface area contributed by atoms with Crippen LogP contribution in [0.5, 0.6) is 5.75 Å². The zero-order chi connectivity index (χ0) is 17.9. The maximum absolute atomic E-state index is 12.7. The van der Waals surface area contributed by atoms with Gasteiger partial charge in [-0.2, -0.15) is 0 Å². The highest BCUT2D eigenvalue weighted by molar-refractivity contribution is 6.03. The van der Waals surface area contributed by atoms with Crippen LogP contribution in [-0.2, 0) is 4.79 Å². The predicted molar refractivity (Wildman–Crippen MR) is 107 cm³/mol. The SMILES string of the molecule is C[C@H](Oc1cccc2ccccc12)C(=O)Nc1cccc2ccccc12. The molecule has 0 aliphatic carbocycles. The van der Waals surface area contributed by atoms with Gasteiger partial charge in [0, 0.05) is 16.5 Å². The van der Waals surface area contributed by atoms with E-state index >= 15 is 0 Å². The quantitative estimate of drug-likeness (QED) is 0.540. The Morgan fingerprint density at radius 1 is 0.769 bits per heavy atom. The van der Waals surface area contributed by atoms with Gasteiger partial charge in [-0.3, -0.25) is 4.79 Å². The van der Waals surface area contributed by atoms with E-state index in [2.05, 4.69) is 5.32 Å². The van der Waals surface area contributed by atoms with Gasteiger partial charge in [0.15, 0.2) is 6.10 Å². The number of carbonyl (C=O) groups is 1. The molecule has 0 fully saturated rings. The van der Waals surface area contributed by atoms with Crippen molar-refractivity contribution >= 4 is 33.1 Å². The number of anilines is 1. The molecule has 0 saturated carbocycles. The van der Waals surface area contributed by atoms with E-state index in [1.54, 1.807) is 6.92 Å². The molecule has 1 N–H and O–H groups in total. The monoisotopic (exact) mass is 341 g/mol. The summed E-state index contributed by atoms with van der Waals surface area (Å²) < 4.78 is 5.96. The van der Waals surface area contributed by atoms with Gasteiger partial charge in [-0.05, 0) is 29.8 Å². The fourth-order valence-electron chi connectivity index (χ4n) is 3.11. The molecule has 0 spiro atoms. The molecule has 0 heterocycles. The van der Waals surface area contributed by atoms with Gasteiger partial charge in [0.2, 0.25) is 0 Å². The van der Waals surface area contributed by atoms with Crippen LogP contribution < -0.4 is 10.1 Å². The first kappa shape index (κ1) is 16.2. The molecule has 0 aromatic heterocycles. The third-order valence-corrected chi connectivity index (χ3v) is 4.47. The number of amides is 1. The highest BCUT2D eigenvalue weighted by Gasteiger charge is 2.17. The molecule has 3 heteroatoms. The van der Waals surface area contributed by atoms with Gasteiger partial charge < -0.3 is 10.1 Å². The summed E-state index contributed by atoms with van der Waals surface area (Å²) in [6, 6.07) is 27.7. The van der Waals surface area contributed by atoms with Crippen LogP contribution in [0.2, 0.25) is 0 Å². The number of carbonyl (C=O) groups excluding carboxylic acids is 1. The predicted octanol–water partition coefficient (Wildman–Crippen LogP) is 5.40. The summed E-state index contributed by atoms with van der Waals surface area (Å²) in [7, 11) is 0. The lowest BCUT2D eigenvalue weighted by Crippen LogP contribution is -2.30. The number of fused-ring (bicyclic) bond motifs is 2. The van der Waals surface area contributed by atoms with Gasteiger partial charge in [-0.15, -0.1) is 0 Å². The molecule has 128 valence electrons. The smallest absolute Gasteiger partial charge is 0.265 e. The number of benzene rings is 4. The molecule has 26 heavy (non-hydrogen) atoms. The van der Waals surface area contributed by atoms with Crippen LogP contribution in [0.4, 0.5) is 5.69 Å². The fraction of sp³-hybridized carbons (Fsp3) is 0.0870. The summed E-state index contributed by atoms with van der Waals surface area (Å²) >= 11 is 0. The van der Waals surface area contributed by atoms with E-state index in [1.807, 2.05) is 84.9 Å². The minimum atomic E-state index is -0.611. The Bertz CT molecular complexity index is 1080. The van der Waals surface area contributed by atoms with Gasteiger partial charge in [-0.25, -0.2) is 0 Å². The van der Waals surface area contributed by atoms with Gasteiger partial charge >= 0.3 is 0 Å². The van der Waals surface area contributed by atoms with Crippen molar-refractivity contribution in [3.05, 3.63) is 84.9 Å². The molecule has 0 radical (unpaired) electrons. The fourth-order valence-corrected chi connectivity index (χ4v) is 3.11. The summed E-state index contributed by atoms with van der Waals surface area (Å²) in [5.74, 6) is 0.540. The standard InChI is InChI=1S/C23H19NO2/c1-16(26-22-15-7-11-18-9-3-5-13-20(18)22)23(25)24-21-14-6-10-17-8-2-4-12-19(17)21/h2-16H,1H3,(H,24,25)/t16-/m0/s1. The molecule has 1 amide bonds. The zero-order valence-electron chi connectivity index (χ0n) is 14.5. The molecule has 0 aliphatic heterocycles. The maximum Gasteiger partial charge on any atom is 0.265 e. The van der Waals surface area contributed by atoms with E-state index in [1.165, 1.54) is 0 Å². The molecular weight excluding hydrogens is 322 g/mol. The number of nitrogens with one attached hydrogen (secondary N) is 1. The van der Waals surface area contributed by atoms with Crippen molar-refractivity contribution in [2.24, 2.45) is 0 Å². The highest BCUT2D eigenvalue weighted by Crippen LogP contribution is 2.27. The van der Waals surface area contributed by atoms with E-state index in [-0.39, 0.29) is 5.91 Å². The lowest BCUT2D eigenvalue weighted by atomic mass is 10.1. The average Bonchev–Trinajstić information content (AvgIpc) is 2.68. The third-order valence-electron chi connectivity index (χ3n) is 4.47. The Kier molecular flexibility index (Phi) is 4.28. The van der Waals surface area contributed by atoms with Crippen molar-refractivity contribution in [3.63, 3.8) is 0 Å². The van der Waals surface area contributed by atoms with Crippen LogP contribution in [0, 0.1) is 0 Å². The van der Waals surface area contributed by atoms with Gasteiger partial charge in [0.25, 0.3) is 5.91 Å². The van der Waals surface area contributed by atoms with E-state index < -0.39 is 6.10 Å². The summed E-state index contributed by atoms with van der Waals surface area (Å²) in [4.78, 5) is 12.7. The van der Waals surface area contributed by atoms with Crippen molar-refractivity contribution in [1.82, 2.24) is 0 Å². The second-order valence-electron chi connectivity index (χ2n) is 6.25. The van der Waals surface area contributed by atoms with Crippen molar-refractivity contribution in [1.29, 1.82) is 0 Å². The lowest BCUT2D eigenvalue weighted by molar-refractivity contribution is -0.122. The highest BCUT2D eigenvalue weighted by atomic mass is 16.5. The Morgan fingerprint density at radius 2 is 1.35 bits per heavy atom. The molecule has 4 aromatic rings. The Balaban J connectivity index is 1.56. The molecule has 4 aromatic carbocycles. The second-order valence-corrected chi connectivity index (χ2v) is 6.25. The Morgan fingerprint density at radius 3 is 2.12 bits per heavy atom. The normalized spacial score (nSPS) is 12.0. The van der Waals surface area contributed by atoms with Crippen LogP contribution in [0.15, 0.2) is 84.9 Å².